The van der Waals surface area contributed by atoms with Crippen molar-refractivity contribution in [2.24, 2.45) is 5.73 Å². The summed E-state index contributed by atoms with van der Waals surface area (Å²) in [5, 5.41) is 2.89. The van der Waals surface area contributed by atoms with E-state index >= 15 is 0 Å². The van der Waals surface area contributed by atoms with Crippen LogP contribution < -0.4 is 11.1 Å². The van der Waals surface area contributed by atoms with Gasteiger partial charge in [-0.15, -0.1) is 0 Å². The highest BCUT2D eigenvalue weighted by atomic mass is 35.5. The molecular weight excluding hydrogens is 160 g/mol. The van der Waals surface area contributed by atoms with Crippen molar-refractivity contribution in [2.75, 3.05) is 0 Å². The second-order valence-corrected chi connectivity index (χ2v) is 2.50. The van der Waals surface area contributed by atoms with Crippen molar-refractivity contribution >= 4 is 11.6 Å². The zero-order valence-corrected chi connectivity index (χ0v) is 7.94. The monoisotopic (exact) mass is 174 g/mol. The van der Waals surface area contributed by atoms with Gasteiger partial charge in [0.15, 0.2) is 0 Å². The first kappa shape index (κ1) is 10.4. The maximum atomic E-state index is 5.75. The van der Waals surface area contributed by atoms with Crippen molar-refractivity contribution in [1.82, 2.24) is 5.32 Å². The maximum absolute atomic E-state index is 5.75. The summed E-state index contributed by atoms with van der Waals surface area (Å²) < 4.78 is 0. The second kappa shape index (κ2) is 5.08. The molecule has 0 aromatic heterocycles. The van der Waals surface area contributed by atoms with E-state index in [1.165, 1.54) is 0 Å². The minimum atomic E-state index is -0.0858. The van der Waals surface area contributed by atoms with Crippen LogP contribution in [0.1, 0.15) is 20.8 Å². The van der Waals surface area contributed by atoms with Crippen LogP contribution in [0.15, 0.2) is 23.5 Å². The normalized spacial score (nSPS) is 22.0. The Hall–Kier alpha value is -0.630. The van der Waals surface area contributed by atoms with E-state index in [0.29, 0.717) is 0 Å². The standard InChI is InChI=1S/C6H9ClN2.C2H6/c1-4-2-5(8)3-9-6(4)7;1-2/h2-3,6,9H,8H2,1H3;1-2H3. The summed E-state index contributed by atoms with van der Waals surface area (Å²) in [6.45, 7) is 5.94. The SMILES string of the molecule is CC.CC1=CC(N)=CNC1Cl. The molecule has 0 aromatic rings. The maximum Gasteiger partial charge on any atom is 0.123 e. The molecule has 1 heterocycles. The molecule has 3 heteroatoms. The van der Waals surface area contributed by atoms with Crippen LogP contribution in [0.4, 0.5) is 0 Å². The molecule has 64 valence electrons. The van der Waals surface area contributed by atoms with Gasteiger partial charge in [-0.2, -0.15) is 0 Å². The Morgan fingerprint density at radius 2 is 2.09 bits per heavy atom. The van der Waals surface area contributed by atoms with Gasteiger partial charge in [-0.25, -0.2) is 0 Å². The van der Waals surface area contributed by atoms with E-state index in [1.807, 2.05) is 26.8 Å². The van der Waals surface area contributed by atoms with Gasteiger partial charge in [-0.05, 0) is 18.6 Å². The number of hydrogen-bond donors (Lipinski definition) is 2. The minimum Gasteiger partial charge on any atom is -0.398 e. The van der Waals surface area contributed by atoms with E-state index in [2.05, 4.69) is 5.32 Å². The lowest BCUT2D eigenvalue weighted by molar-refractivity contribution is 0.836. The number of hydrogen-bond acceptors (Lipinski definition) is 2. The van der Waals surface area contributed by atoms with Crippen LogP contribution in [-0.4, -0.2) is 5.50 Å². The summed E-state index contributed by atoms with van der Waals surface area (Å²) in [5.74, 6) is 0. The lowest BCUT2D eigenvalue weighted by Gasteiger charge is -2.15. The molecule has 0 radical (unpaired) electrons. The van der Waals surface area contributed by atoms with Crippen LogP contribution in [0, 0.1) is 0 Å². The molecule has 3 N–H and O–H groups in total. The van der Waals surface area contributed by atoms with Crippen LogP contribution in [0.3, 0.4) is 0 Å². The van der Waals surface area contributed by atoms with Gasteiger partial charge < -0.3 is 11.1 Å². The topological polar surface area (TPSA) is 38.0 Å². The number of alkyl halides is 1. The molecule has 1 aliphatic heterocycles. The molecule has 11 heavy (non-hydrogen) atoms. The molecular formula is C8H15ClN2. The van der Waals surface area contributed by atoms with E-state index < -0.39 is 0 Å². The first-order valence-corrected chi connectivity index (χ1v) is 4.18. The zero-order valence-electron chi connectivity index (χ0n) is 7.19. The molecule has 0 aliphatic carbocycles. The molecule has 0 amide bonds. The first-order chi connectivity index (χ1) is 5.20. The molecule has 1 rings (SSSR count). The third-order valence-electron chi connectivity index (χ3n) is 1.19. The Morgan fingerprint density at radius 3 is 2.45 bits per heavy atom. The summed E-state index contributed by atoms with van der Waals surface area (Å²) in [5.41, 5.74) is 7.14. The molecule has 0 spiro atoms. The van der Waals surface area contributed by atoms with E-state index in [9.17, 15) is 0 Å². The third kappa shape index (κ3) is 3.33. The van der Waals surface area contributed by atoms with Crippen molar-refractivity contribution in [3.8, 4) is 0 Å². The second-order valence-electron chi connectivity index (χ2n) is 2.06. The highest BCUT2D eigenvalue weighted by molar-refractivity contribution is 6.22. The lowest BCUT2D eigenvalue weighted by Crippen LogP contribution is -2.24. The number of allylic oxidation sites excluding steroid dienone is 1. The Bertz CT molecular complexity index is 173. The molecule has 1 unspecified atom stereocenters. The van der Waals surface area contributed by atoms with Crippen molar-refractivity contribution in [2.45, 2.75) is 26.3 Å². The average Bonchev–Trinajstić information content (AvgIpc) is 2.02. The number of dihydropyridines is 1. The van der Waals surface area contributed by atoms with Gasteiger partial charge in [0.05, 0.1) is 0 Å². The smallest absolute Gasteiger partial charge is 0.123 e. The molecule has 0 saturated heterocycles. The van der Waals surface area contributed by atoms with Crippen LogP contribution in [0.2, 0.25) is 0 Å². The van der Waals surface area contributed by atoms with Gasteiger partial charge in [-0.1, -0.05) is 25.4 Å². The number of rotatable bonds is 0. The average molecular weight is 175 g/mol. The van der Waals surface area contributed by atoms with Gasteiger partial charge in [0.2, 0.25) is 0 Å². The van der Waals surface area contributed by atoms with E-state index in [4.69, 9.17) is 17.3 Å². The van der Waals surface area contributed by atoms with Gasteiger partial charge in [-0.3, -0.25) is 0 Å². The van der Waals surface area contributed by atoms with Gasteiger partial charge >= 0.3 is 0 Å². The number of halogens is 1. The van der Waals surface area contributed by atoms with Crippen molar-refractivity contribution < 1.29 is 0 Å². The Morgan fingerprint density at radius 1 is 1.55 bits per heavy atom. The zero-order chi connectivity index (χ0) is 8.85. The lowest BCUT2D eigenvalue weighted by atomic mass is 10.2. The third-order valence-corrected chi connectivity index (χ3v) is 1.66. The van der Waals surface area contributed by atoms with E-state index in [1.54, 1.807) is 6.20 Å². The van der Waals surface area contributed by atoms with Crippen LogP contribution in [0.25, 0.3) is 0 Å². The van der Waals surface area contributed by atoms with Crippen LogP contribution in [0.5, 0.6) is 0 Å². The Labute approximate surface area is 73.1 Å². The number of nitrogens with one attached hydrogen (secondary N) is 1. The van der Waals surface area contributed by atoms with Gasteiger partial charge in [0.25, 0.3) is 0 Å². The molecule has 2 nitrogen and oxygen atoms in total. The fourth-order valence-electron chi connectivity index (χ4n) is 0.679. The van der Waals surface area contributed by atoms with E-state index in [-0.39, 0.29) is 5.50 Å². The molecule has 0 saturated carbocycles. The highest BCUT2D eigenvalue weighted by Crippen LogP contribution is 2.11. The summed E-state index contributed by atoms with van der Waals surface area (Å²) in [6, 6.07) is 0. The first-order valence-electron chi connectivity index (χ1n) is 3.74. The van der Waals surface area contributed by atoms with Crippen molar-refractivity contribution in [1.29, 1.82) is 0 Å². The molecule has 1 aliphatic rings. The summed E-state index contributed by atoms with van der Waals surface area (Å²) in [7, 11) is 0. The fraction of sp³-hybridized carbons (Fsp3) is 0.500. The van der Waals surface area contributed by atoms with Crippen molar-refractivity contribution in [3.05, 3.63) is 23.5 Å². The van der Waals surface area contributed by atoms with Gasteiger partial charge in [0, 0.05) is 11.9 Å². The molecule has 1 atom stereocenters. The van der Waals surface area contributed by atoms with Crippen molar-refractivity contribution in [3.63, 3.8) is 0 Å². The summed E-state index contributed by atoms with van der Waals surface area (Å²) in [4.78, 5) is 0. The Kier molecular flexibility index (Phi) is 4.79. The minimum absolute atomic E-state index is 0.0858. The summed E-state index contributed by atoms with van der Waals surface area (Å²) in [6.07, 6.45) is 3.55. The molecule has 0 bridgehead atoms. The largest absolute Gasteiger partial charge is 0.398 e. The predicted octanol–water partition coefficient (Wildman–Crippen LogP) is 1.93. The number of nitrogens with two attached hydrogens (primary N) is 1. The van der Waals surface area contributed by atoms with E-state index in [0.717, 1.165) is 11.3 Å². The quantitative estimate of drug-likeness (QED) is 0.435. The van der Waals surface area contributed by atoms with Crippen LogP contribution in [-0.2, 0) is 0 Å². The molecule has 0 aromatic carbocycles. The predicted molar refractivity (Wildman–Crippen MR) is 50.2 cm³/mol. The fourth-order valence-corrected chi connectivity index (χ4v) is 0.805. The molecule has 0 fully saturated rings. The van der Waals surface area contributed by atoms with Gasteiger partial charge in [0.1, 0.15) is 5.50 Å². The van der Waals surface area contributed by atoms with Crippen LogP contribution >= 0.6 is 11.6 Å². The highest BCUT2D eigenvalue weighted by Gasteiger charge is 2.07. The summed E-state index contributed by atoms with van der Waals surface area (Å²) >= 11 is 5.75. The Balaban J connectivity index is 0.000000461.